The molecular formula is C11H16N4O4. The first-order valence-electron chi connectivity index (χ1n) is 6.26. The molecule has 0 spiro atoms. The number of rotatable bonds is 3. The number of nitrogens with zero attached hydrogens (tertiary/aromatic N) is 1. The summed E-state index contributed by atoms with van der Waals surface area (Å²) in [5.41, 5.74) is -1.33. The van der Waals surface area contributed by atoms with Gasteiger partial charge in [0.25, 0.3) is 5.56 Å². The first-order chi connectivity index (χ1) is 9.08. The van der Waals surface area contributed by atoms with E-state index in [1.807, 2.05) is 4.98 Å². The first kappa shape index (κ1) is 13.3. The van der Waals surface area contributed by atoms with Gasteiger partial charge in [0.2, 0.25) is 5.82 Å². The van der Waals surface area contributed by atoms with Crippen molar-refractivity contribution in [2.75, 3.05) is 5.32 Å². The third-order valence-corrected chi connectivity index (χ3v) is 3.37. The molecule has 1 aliphatic carbocycles. The fraction of sp³-hybridized carbons (Fsp3) is 0.636. The van der Waals surface area contributed by atoms with E-state index in [1.54, 1.807) is 0 Å². The van der Waals surface area contributed by atoms with Crippen LogP contribution in [0.15, 0.2) is 9.59 Å². The normalized spacial score (nSPS) is 23.6. The van der Waals surface area contributed by atoms with Gasteiger partial charge >= 0.3 is 11.7 Å². The fourth-order valence-corrected chi connectivity index (χ4v) is 2.40. The molecule has 0 aromatic carbocycles. The third kappa shape index (κ3) is 3.21. The van der Waals surface area contributed by atoms with Crippen LogP contribution in [0.3, 0.4) is 0 Å². The smallest absolute Gasteiger partial charge is 0.342 e. The van der Waals surface area contributed by atoms with Crippen LogP contribution in [0.1, 0.15) is 32.1 Å². The van der Waals surface area contributed by atoms with E-state index in [9.17, 15) is 19.5 Å². The Hall–Kier alpha value is -2.12. The summed E-state index contributed by atoms with van der Waals surface area (Å²) in [5.74, 6) is -1.46. The molecule has 2 unspecified atom stereocenters. The zero-order valence-corrected chi connectivity index (χ0v) is 10.3. The molecule has 0 bridgehead atoms. The van der Waals surface area contributed by atoms with Gasteiger partial charge in [0.05, 0.1) is 5.92 Å². The minimum atomic E-state index is -0.875. The van der Waals surface area contributed by atoms with Crippen LogP contribution < -0.4 is 16.6 Å². The number of nitrogens with one attached hydrogen (secondary N) is 3. The zero-order valence-electron chi connectivity index (χ0n) is 10.3. The second kappa shape index (κ2) is 5.68. The maximum absolute atomic E-state index is 11.5. The number of anilines is 1. The molecular weight excluding hydrogens is 252 g/mol. The van der Waals surface area contributed by atoms with Gasteiger partial charge in [-0.3, -0.25) is 14.6 Å². The number of aromatic amines is 2. The molecule has 104 valence electrons. The molecule has 0 amide bonds. The molecule has 8 nitrogen and oxygen atoms in total. The number of aliphatic carboxylic acids is 1. The molecule has 1 saturated carbocycles. The summed E-state index contributed by atoms with van der Waals surface area (Å²) in [6.45, 7) is 0. The Kier molecular flexibility index (Phi) is 3.98. The summed E-state index contributed by atoms with van der Waals surface area (Å²) < 4.78 is 0. The molecule has 1 aliphatic rings. The highest BCUT2D eigenvalue weighted by Gasteiger charge is 2.30. The standard InChI is InChI=1S/C11H16N4O4/c16-9-8(14-15-11(19)13-9)12-7-5-3-1-2-4-6(7)10(17)18/h6-7H,1-5H2,(H,12,14)(H,17,18)(H2,13,15,16,19). The lowest BCUT2D eigenvalue weighted by atomic mass is 9.95. The van der Waals surface area contributed by atoms with Crippen LogP contribution in [0.2, 0.25) is 0 Å². The van der Waals surface area contributed by atoms with Crippen LogP contribution >= 0.6 is 0 Å². The zero-order chi connectivity index (χ0) is 13.8. The summed E-state index contributed by atoms with van der Waals surface area (Å²) in [6.07, 6.45) is 4.00. The lowest BCUT2D eigenvalue weighted by Gasteiger charge is -2.22. The second-order valence-electron chi connectivity index (χ2n) is 4.69. The minimum absolute atomic E-state index is 0.0437. The molecule has 1 aromatic heterocycles. The van der Waals surface area contributed by atoms with Gasteiger partial charge < -0.3 is 10.4 Å². The van der Waals surface area contributed by atoms with Gasteiger partial charge in [-0.2, -0.15) is 0 Å². The maximum Gasteiger partial charge on any atom is 0.342 e. The molecule has 0 radical (unpaired) electrons. The van der Waals surface area contributed by atoms with Crippen molar-refractivity contribution in [3.8, 4) is 0 Å². The minimum Gasteiger partial charge on any atom is -0.481 e. The monoisotopic (exact) mass is 268 g/mol. The Bertz CT molecular complexity index is 564. The highest BCUT2D eigenvalue weighted by atomic mass is 16.4. The van der Waals surface area contributed by atoms with Crippen LogP contribution in [0.5, 0.6) is 0 Å². The van der Waals surface area contributed by atoms with Crippen LogP contribution in [0, 0.1) is 5.92 Å². The van der Waals surface area contributed by atoms with Crippen molar-refractivity contribution < 1.29 is 9.90 Å². The lowest BCUT2D eigenvalue weighted by molar-refractivity contribution is -0.142. The summed E-state index contributed by atoms with van der Waals surface area (Å²) in [5, 5.41) is 17.8. The molecule has 1 fully saturated rings. The van der Waals surface area contributed by atoms with Gasteiger partial charge in [0.1, 0.15) is 0 Å². The van der Waals surface area contributed by atoms with E-state index in [2.05, 4.69) is 15.5 Å². The predicted octanol–water partition coefficient (Wildman–Crippen LogP) is -0.0964. The SMILES string of the molecule is O=C(O)C1CCCCCC1Nc1n[nH]c(=O)[nH]c1=O. The molecule has 8 heteroatoms. The molecule has 0 aliphatic heterocycles. The van der Waals surface area contributed by atoms with Crippen LogP contribution in [0.4, 0.5) is 5.82 Å². The Morgan fingerprint density at radius 3 is 2.68 bits per heavy atom. The number of H-pyrrole nitrogens is 2. The third-order valence-electron chi connectivity index (χ3n) is 3.37. The maximum atomic E-state index is 11.5. The van der Waals surface area contributed by atoms with E-state index in [4.69, 9.17) is 0 Å². The van der Waals surface area contributed by atoms with Crippen molar-refractivity contribution in [2.45, 2.75) is 38.1 Å². The largest absolute Gasteiger partial charge is 0.481 e. The molecule has 4 N–H and O–H groups in total. The van der Waals surface area contributed by atoms with Gasteiger partial charge in [-0.25, -0.2) is 9.89 Å². The number of hydrogen-bond donors (Lipinski definition) is 4. The van der Waals surface area contributed by atoms with Gasteiger partial charge in [0, 0.05) is 6.04 Å². The van der Waals surface area contributed by atoms with Crippen LogP contribution in [0.25, 0.3) is 0 Å². The number of carbonyl (C=O) groups is 1. The van der Waals surface area contributed by atoms with Crippen molar-refractivity contribution in [3.05, 3.63) is 20.8 Å². The summed E-state index contributed by atoms with van der Waals surface area (Å²) in [4.78, 5) is 35.7. The summed E-state index contributed by atoms with van der Waals surface area (Å²) in [6, 6.07) is -0.348. The first-order valence-corrected chi connectivity index (χ1v) is 6.26. The van der Waals surface area contributed by atoms with Crippen molar-refractivity contribution in [1.29, 1.82) is 0 Å². The quantitative estimate of drug-likeness (QED) is 0.567. The van der Waals surface area contributed by atoms with E-state index in [0.29, 0.717) is 12.8 Å². The van der Waals surface area contributed by atoms with E-state index in [-0.39, 0.29) is 11.9 Å². The van der Waals surface area contributed by atoms with Crippen molar-refractivity contribution in [3.63, 3.8) is 0 Å². The van der Waals surface area contributed by atoms with E-state index in [0.717, 1.165) is 19.3 Å². The van der Waals surface area contributed by atoms with Gasteiger partial charge in [-0.05, 0) is 12.8 Å². The van der Waals surface area contributed by atoms with Crippen LogP contribution in [-0.2, 0) is 4.79 Å². The summed E-state index contributed by atoms with van der Waals surface area (Å²) in [7, 11) is 0. The Labute approximate surface area is 108 Å². The molecule has 2 atom stereocenters. The van der Waals surface area contributed by atoms with Crippen molar-refractivity contribution in [2.24, 2.45) is 5.92 Å². The fourth-order valence-electron chi connectivity index (χ4n) is 2.40. The Morgan fingerprint density at radius 1 is 1.26 bits per heavy atom. The number of aromatic nitrogens is 3. The molecule has 19 heavy (non-hydrogen) atoms. The lowest BCUT2D eigenvalue weighted by Crippen LogP contribution is -2.37. The number of carboxylic acid groups (broad SMARTS) is 1. The topological polar surface area (TPSA) is 128 Å². The van der Waals surface area contributed by atoms with Crippen LogP contribution in [-0.4, -0.2) is 32.3 Å². The predicted molar refractivity (Wildman–Crippen MR) is 67.1 cm³/mol. The van der Waals surface area contributed by atoms with Crippen molar-refractivity contribution >= 4 is 11.8 Å². The Balaban J connectivity index is 2.20. The molecule has 1 heterocycles. The van der Waals surface area contributed by atoms with Gasteiger partial charge in [-0.15, -0.1) is 5.10 Å². The summed E-state index contributed by atoms with van der Waals surface area (Å²) >= 11 is 0. The average molecular weight is 268 g/mol. The Morgan fingerprint density at radius 2 is 2.00 bits per heavy atom. The average Bonchev–Trinajstić information content (AvgIpc) is 2.58. The van der Waals surface area contributed by atoms with Gasteiger partial charge in [-0.1, -0.05) is 19.3 Å². The molecule has 2 rings (SSSR count). The highest BCUT2D eigenvalue weighted by molar-refractivity contribution is 5.71. The molecule has 0 saturated heterocycles. The van der Waals surface area contributed by atoms with E-state index in [1.165, 1.54) is 0 Å². The molecule has 1 aromatic rings. The van der Waals surface area contributed by atoms with E-state index >= 15 is 0 Å². The highest BCUT2D eigenvalue weighted by Crippen LogP contribution is 2.25. The second-order valence-corrected chi connectivity index (χ2v) is 4.69. The van der Waals surface area contributed by atoms with Crippen molar-refractivity contribution in [1.82, 2.24) is 15.2 Å². The number of carboxylic acids is 1. The number of hydrogen-bond acceptors (Lipinski definition) is 5. The van der Waals surface area contributed by atoms with Gasteiger partial charge in [0.15, 0.2) is 0 Å². The van der Waals surface area contributed by atoms with E-state index < -0.39 is 23.1 Å².